The quantitative estimate of drug-likeness (QED) is 0.461. The van der Waals surface area contributed by atoms with Crippen LogP contribution in [0.25, 0.3) is 16.9 Å². The van der Waals surface area contributed by atoms with Crippen LogP contribution in [0.4, 0.5) is 5.69 Å². The van der Waals surface area contributed by atoms with Crippen molar-refractivity contribution >= 4 is 17.2 Å². The second-order valence-corrected chi connectivity index (χ2v) is 9.06. The molecule has 32 heavy (non-hydrogen) atoms. The molecule has 0 spiro atoms. The molecule has 0 fully saturated rings. The van der Waals surface area contributed by atoms with Crippen molar-refractivity contribution in [2.24, 2.45) is 0 Å². The van der Waals surface area contributed by atoms with E-state index in [1.54, 1.807) is 17.7 Å². The van der Waals surface area contributed by atoms with Gasteiger partial charge >= 0.3 is 0 Å². The van der Waals surface area contributed by atoms with Crippen LogP contribution in [0.5, 0.6) is 5.75 Å². The van der Waals surface area contributed by atoms with Crippen LogP contribution in [0.3, 0.4) is 0 Å². The van der Waals surface area contributed by atoms with E-state index in [-0.39, 0.29) is 11.3 Å². The Morgan fingerprint density at radius 1 is 0.969 bits per heavy atom. The second kappa shape index (κ2) is 8.11. The standard InChI is InChI=1S/C26H28N4O2/c1-16-7-10-19(13-17(16)2)27-25(31)22-14-21(18-8-11-20(32-6)12-9-18)28-24-15-23(26(3,4)5)29-30(22)24/h7-15H,1-6H3,(H,27,31). The number of fused-ring (bicyclic) bond motifs is 1. The Morgan fingerprint density at radius 2 is 1.69 bits per heavy atom. The zero-order valence-corrected chi connectivity index (χ0v) is 19.4. The lowest BCUT2D eigenvalue weighted by atomic mass is 9.93. The summed E-state index contributed by atoms with van der Waals surface area (Å²) in [5, 5.41) is 7.73. The largest absolute Gasteiger partial charge is 0.497 e. The predicted molar refractivity (Wildman–Crippen MR) is 128 cm³/mol. The van der Waals surface area contributed by atoms with Gasteiger partial charge in [0, 0.05) is 22.7 Å². The van der Waals surface area contributed by atoms with Gasteiger partial charge < -0.3 is 10.1 Å². The number of ether oxygens (including phenoxy) is 1. The number of nitrogens with one attached hydrogen (secondary N) is 1. The smallest absolute Gasteiger partial charge is 0.274 e. The average Bonchev–Trinajstić information content (AvgIpc) is 3.20. The number of nitrogens with zero attached hydrogens (tertiary/aromatic N) is 3. The molecule has 0 radical (unpaired) electrons. The molecule has 2 aromatic carbocycles. The van der Waals surface area contributed by atoms with E-state index in [0.29, 0.717) is 17.0 Å². The summed E-state index contributed by atoms with van der Waals surface area (Å²) in [6.07, 6.45) is 0. The maximum Gasteiger partial charge on any atom is 0.274 e. The number of amides is 1. The third-order valence-electron chi connectivity index (χ3n) is 5.58. The molecular weight excluding hydrogens is 400 g/mol. The number of rotatable bonds is 4. The van der Waals surface area contributed by atoms with E-state index in [4.69, 9.17) is 14.8 Å². The highest BCUT2D eigenvalue weighted by molar-refractivity contribution is 6.04. The monoisotopic (exact) mass is 428 g/mol. The summed E-state index contributed by atoms with van der Waals surface area (Å²) in [7, 11) is 1.63. The molecule has 1 N–H and O–H groups in total. The first-order valence-electron chi connectivity index (χ1n) is 10.6. The van der Waals surface area contributed by atoms with Crippen molar-refractivity contribution in [3.05, 3.63) is 77.1 Å². The van der Waals surface area contributed by atoms with Crippen LogP contribution in [0.1, 0.15) is 48.1 Å². The van der Waals surface area contributed by atoms with E-state index in [0.717, 1.165) is 28.3 Å². The lowest BCUT2D eigenvalue weighted by molar-refractivity contribution is 0.101. The third kappa shape index (κ3) is 4.21. The molecule has 0 atom stereocenters. The zero-order valence-electron chi connectivity index (χ0n) is 19.4. The first-order chi connectivity index (χ1) is 15.2. The Hall–Kier alpha value is -3.67. The molecule has 0 aliphatic heterocycles. The second-order valence-electron chi connectivity index (χ2n) is 9.06. The van der Waals surface area contributed by atoms with Crippen molar-refractivity contribution in [1.29, 1.82) is 0 Å². The Morgan fingerprint density at radius 3 is 2.31 bits per heavy atom. The van der Waals surface area contributed by atoms with Gasteiger partial charge in [-0.1, -0.05) is 26.8 Å². The minimum Gasteiger partial charge on any atom is -0.497 e. The molecule has 0 aliphatic carbocycles. The molecule has 0 bridgehead atoms. The van der Waals surface area contributed by atoms with Gasteiger partial charge in [-0.3, -0.25) is 4.79 Å². The van der Waals surface area contributed by atoms with Gasteiger partial charge in [-0.25, -0.2) is 9.50 Å². The lowest BCUT2D eigenvalue weighted by Gasteiger charge is -2.14. The first-order valence-corrected chi connectivity index (χ1v) is 10.6. The summed E-state index contributed by atoms with van der Waals surface area (Å²) in [6, 6.07) is 17.2. The van der Waals surface area contributed by atoms with Crippen molar-refractivity contribution in [3.63, 3.8) is 0 Å². The Bertz CT molecular complexity index is 1300. The molecule has 2 aromatic heterocycles. The number of methoxy groups -OCH3 is 1. The van der Waals surface area contributed by atoms with Crippen LogP contribution >= 0.6 is 0 Å². The number of benzene rings is 2. The van der Waals surface area contributed by atoms with E-state index in [1.165, 1.54) is 5.56 Å². The van der Waals surface area contributed by atoms with E-state index < -0.39 is 0 Å². The Labute approximate surface area is 188 Å². The zero-order chi connectivity index (χ0) is 23.0. The van der Waals surface area contributed by atoms with Crippen LogP contribution in [-0.4, -0.2) is 27.6 Å². The van der Waals surface area contributed by atoms with Gasteiger partial charge in [-0.2, -0.15) is 5.10 Å². The fraction of sp³-hybridized carbons (Fsp3) is 0.269. The normalized spacial score (nSPS) is 11.6. The van der Waals surface area contributed by atoms with Gasteiger partial charge in [0.05, 0.1) is 18.5 Å². The number of aromatic nitrogens is 3. The van der Waals surface area contributed by atoms with Crippen LogP contribution < -0.4 is 10.1 Å². The van der Waals surface area contributed by atoms with Crippen molar-refractivity contribution in [2.75, 3.05) is 12.4 Å². The summed E-state index contributed by atoms with van der Waals surface area (Å²) in [6.45, 7) is 10.3. The van der Waals surface area contributed by atoms with Gasteiger partial charge in [0.15, 0.2) is 5.65 Å². The highest BCUT2D eigenvalue weighted by Gasteiger charge is 2.22. The fourth-order valence-corrected chi connectivity index (χ4v) is 3.43. The van der Waals surface area contributed by atoms with Crippen LogP contribution in [-0.2, 0) is 5.41 Å². The van der Waals surface area contributed by atoms with Crippen molar-refractivity contribution < 1.29 is 9.53 Å². The van der Waals surface area contributed by atoms with Crippen LogP contribution in [0.15, 0.2) is 54.6 Å². The predicted octanol–water partition coefficient (Wildman–Crippen LogP) is 5.57. The highest BCUT2D eigenvalue weighted by atomic mass is 16.5. The molecule has 6 heteroatoms. The van der Waals surface area contributed by atoms with E-state index in [9.17, 15) is 4.79 Å². The van der Waals surface area contributed by atoms with Crippen molar-refractivity contribution in [2.45, 2.75) is 40.0 Å². The van der Waals surface area contributed by atoms with E-state index in [2.05, 4.69) is 26.1 Å². The number of hydrogen-bond acceptors (Lipinski definition) is 4. The summed E-state index contributed by atoms with van der Waals surface area (Å²) in [5.41, 5.74) is 6.40. The Balaban J connectivity index is 1.82. The molecule has 0 aliphatic rings. The SMILES string of the molecule is COc1ccc(-c2cc(C(=O)Nc3ccc(C)c(C)c3)n3nc(C(C)(C)C)cc3n2)cc1. The van der Waals surface area contributed by atoms with Gasteiger partial charge in [-0.15, -0.1) is 0 Å². The van der Waals surface area contributed by atoms with Crippen LogP contribution in [0, 0.1) is 13.8 Å². The van der Waals surface area contributed by atoms with E-state index >= 15 is 0 Å². The minimum atomic E-state index is -0.237. The van der Waals surface area contributed by atoms with Gasteiger partial charge in [0.2, 0.25) is 0 Å². The molecule has 4 aromatic rings. The number of carbonyl (C=O) groups is 1. The molecule has 0 unspecified atom stereocenters. The Kier molecular flexibility index (Phi) is 5.46. The molecule has 0 saturated heterocycles. The summed E-state index contributed by atoms with van der Waals surface area (Å²) >= 11 is 0. The van der Waals surface area contributed by atoms with Crippen molar-refractivity contribution in [3.8, 4) is 17.0 Å². The first kappa shape index (κ1) is 21.6. The van der Waals surface area contributed by atoms with Crippen LogP contribution in [0.2, 0.25) is 0 Å². The summed E-state index contributed by atoms with van der Waals surface area (Å²) in [4.78, 5) is 18.1. The highest BCUT2D eigenvalue weighted by Crippen LogP contribution is 2.27. The molecule has 164 valence electrons. The molecule has 4 rings (SSSR count). The molecule has 2 heterocycles. The number of hydrogen-bond donors (Lipinski definition) is 1. The number of anilines is 1. The molecule has 6 nitrogen and oxygen atoms in total. The molecular formula is C26H28N4O2. The van der Waals surface area contributed by atoms with Crippen molar-refractivity contribution in [1.82, 2.24) is 14.6 Å². The molecule has 1 amide bonds. The average molecular weight is 429 g/mol. The van der Waals surface area contributed by atoms with E-state index in [1.807, 2.05) is 62.4 Å². The maximum absolute atomic E-state index is 13.3. The summed E-state index contributed by atoms with van der Waals surface area (Å²) in [5.74, 6) is 0.529. The maximum atomic E-state index is 13.3. The number of aryl methyl sites for hydroxylation is 2. The third-order valence-corrected chi connectivity index (χ3v) is 5.58. The van der Waals surface area contributed by atoms with Gasteiger partial charge in [-0.05, 0) is 67.4 Å². The van der Waals surface area contributed by atoms with Gasteiger partial charge in [0.25, 0.3) is 5.91 Å². The van der Waals surface area contributed by atoms with Gasteiger partial charge in [0.1, 0.15) is 11.4 Å². The lowest BCUT2D eigenvalue weighted by Crippen LogP contribution is -2.18. The fourth-order valence-electron chi connectivity index (χ4n) is 3.43. The minimum absolute atomic E-state index is 0.171. The topological polar surface area (TPSA) is 68.5 Å². The molecule has 0 saturated carbocycles. The summed E-state index contributed by atoms with van der Waals surface area (Å²) < 4.78 is 6.89. The number of carbonyl (C=O) groups excluding carboxylic acids is 1.